The number of benzene rings is 2. The Morgan fingerprint density at radius 3 is 1.22 bits per heavy atom. The third-order valence-corrected chi connectivity index (χ3v) is 8.45. The first-order chi connectivity index (χ1) is 14.8. The summed E-state index contributed by atoms with van der Waals surface area (Å²) in [5, 5.41) is 5.07. The van der Waals surface area contributed by atoms with E-state index in [2.05, 4.69) is 92.0 Å². The van der Waals surface area contributed by atoms with Gasteiger partial charge in [-0.1, -0.05) is 79.7 Å². The summed E-state index contributed by atoms with van der Waals surface area (Å²) in [5.74, 6) is 0. The fourth-order valence-corrected chi connectivity index (χ4v) is 7.79. The van der Waals surface area contributed by atoms with Crippen molar-refractivity contribution in [2.24, 2.45) is 0 Å². The molecule has 0 N–H and O–H groups in total. The molecule has 32 heavy (non-hydrogen) atoms. The molecule has 0 spiro atoms. The maximum absolute atomic E-state index is 5.05. The Balaban J connectivity index is 1.71. The van der Waals surface area contributed by atoms with E-state index in [9.17, 15) is 0 Å². The number of aromatic nitrogens is 2. The highest BCUT2D eigenvalue weighted by molar-refractivity contribution is 6.16. The highest BCUT2D eigenvalue weighted by Crippen LogP contribution is 2.53. The molecule has 6 rings (SSSR count). The van der Waals surface area contributed by atoms with Gasteiger partial charge in [0.25, 0.3) is 0 Å². The monoisotopic (exact) mass is 422 g/mol. The fraction of sp³-hybridized carbons (Fsp3) is 0.467. The molecule has 0 amide bonds. The van der Waals surface area contributed by atoms with Crippen molar-refractivity contribution in [2.75, 3.05) is 0 Å². The van der Waals surface area contributed by atoms with Gasteiger partial charge in [-0.2, -0.15) is 0 Å². The van der Waals surface area contributed by atoms with E-state index >= 15 is 0 Å². The fourth-order valence-electron chi connectivity index (χ4n) is 7.79. The van der Waals surface area contributed by atoms with Crippen LogP contribution in [-0.4, -0.2) is 9.97 Å². The van der Waals surface area contributed by atoms with Crippen LogP contribution in [0.15, 0.2) is 36.7 Å². The lowest BCUT2D eigenvalue weighted by Crippen LogP contribution is -2.18. The van der Waals surface area contributed by atoms with Gasteiger partial charge in [-0.05, 0) is 56.8 Å². The van der Waals surface area contributed by atoms with Crippen molar-refractivity contribution in [2.45, 2.75) is 89.9 Å². The molecule has 2 heterocycles. The standard InChI is InChI=1S/C30H34N2/c1-27(2)15-29(5,6)23-19-11-9-18-17(25(19)31-13-21(23)27)10-12-20-24-22(14-32-26(18)20)28(3,4)16-30(24,7)8/h9-14H,15-16H2,1-8H3. The zero-order valence-corrected chi connectivity index (χ0v) is 20.8. The molecule has 0 saturated carbocycles. The number of rotatable bonds is 0. The van der Waals surface area contributed by atoms with Crippen LogP contribution in [0.3, 0.4) is 0 Å². The summed E-state index contributed by atoms with van der Waals surface area (Å²) in [4.78, 5) is 10.1. The lowest BCUT2D eigenvalue weighted by molar-refractivity contribution is 0.403. The van der Waals surface area contributed by atoms with E-state index in [-0.39, 0.29) is 21.7 Å². The molecule has 2 aliphatic rings. The number of nitrogens with zero attached hydrogens (tertiary/aromatic N) is 2. The summed E-state index contributed by atoms with van der Waals surface area (Å²) in [5.41, 5.74) is 8.67. The van der Waals surface area contributed by atoms with Gasteiger partial charge in [0.2, 0.25) is 0 Å². The van der Waals surface area contributed by atoms with Crippen LogP contribution in [0.25, 0.3) is 32.6 Å². The molecule has 0 aliphatic heterocycles. The molecule has 2 aromatic carbocycles. The molecular formula is C30H34N2. The Kier molecular flexibility index (Phi) is 3.59. The maximum Gasteiger partial charge on any atom is 0.0784 e. The topological polar surface area (TPSA) is 25.8 Å². The Bertz CT molecular complexity index is 1350. The first kappa shape index (κ1) is 20.1. The summed E-state index contributed by atoms with van der Waals surface area (Å²) in [6.07, 6.45) is 6.62. The van der Waals surface area contributed by atoms with E-state index in [0.717, 1.165) is 23.9 Å². The van der Waals surface area contributed by atoms with Crippen LogP contribution < -0.4 is 0 Å². The average Bonchev–Trinajstić information content (AvgIpc) is 3.01. The van der Waals surface area contributed by atoms with E-state index in [4.69, 9.17) is 9.97 Å². The molecule has 0 saturated heterocycles. The molecule has 2 nitrogen and oxygen atoms in total. The molecular weight excluding hydrogens is 388 g/mol. The molecule has 0 fully saturated rings. The molecule has 2 aliphatic carbocycles. The predicted molar refractivity (Wildman–Crippen MR) is 136 cm³/mol. The third-order valence-electron chi connectivity index (χ3n) is 8.45. The van der Waals surface area contributed by atoms with Gasteiger partial charge in [0, 0.05) is 33.9 Å². The van der Waals surface area contributed by atoms with E-state index in [1.165, 1.54) is 43.8 Å². The zero-order valence-electron chi connectivity index (χ0n) is 20.8. The summed E-state index contributed by atoms with van der Waals surface area (Å²) in [6, 6.07) is 9.23. The first-order valence-corrected chi connectivity index (χ1v) is 12.0. The minimum atomic E-state index is 0.152. The number of fused-ring (bicyclic) bond motifs is 9. The van der Waals surface area contributed by atoms with Crippen LogP contribution in [0, 0.1) is 0 Å². The van der Waals surface area contributed by atoms with Crippen LogP contribution >= 0.6 is 0 Å². The smallest absolute Gasteiger partial charge is 0.0784 e. The molecule has 2 aromatic heterocycles. The third kappa shape index (κ3) is 2.42. The van der Waals surface area contributed by atoms with Crippen molar-refractivity contribution in [1.29, 1.82) is 0 Å². The van der Waals surface area contributed by atoms with Crippen molar-refractivity contribution in [3.63, 3.8) is 0 Å². The molecule has 0 unspecified atom stereocenters. The predicted octanol–water partition coefficient (Wildman–Crippen LogP) is 7.85. The van der Waals surface area contributed by atoms with E-state index in [1.807, 2.05) is 0 Å². The van der Waals surface area contributed by atoms with E-state index < -0.39 is 0 Å². The van der Waals surface area contributed by atoms with Gasteiger partial charge in [-0.15, -0.1) is 0 Å². The highest BCUT2D eigenvalue weighted by atomic mass is 14.7. The minimum absolute atomic E-state index is 0.152. The SMILES string of the molecule is CC1(C)CC(C)(C)c2c1cnc1c2ccc2c1ccc1c3c(cnc12)C(C)(C)CC3(C)C. The van der Waals surface area contributed by atoms with E-state index in [1.54, 1.807) is 0 Å². The van der Waals surface area contributed by atoms with Gasteiger partial charge < -0.3 is 0 Å². The quantitative estimate of drug-likeness (QED) is 0.270. The van der Waals surface area contributed by atoms with Crippen LogP contribution in [0.5, 0.6) is 0 Å². The number of hydrogen-bond donors (Lipinski definition) is 0. The van der Waals surface area contributed by atoms with Crippen molar-refractivity contribution >= 4 is 32.6 Å². The normalized spacial score (nSPS) is 21.9. The summed E-state index contributed by atoms with van der Waals surface area (Å²) >= 11 is 0. The average molecular weight is 423 g/mol. The molecule has 2 heteroatoms. The minimum Gasteiger partial charge on any atom is -0.255 e. The second-order valence-electron chi connectivity index (χ2n) is 13.0. The molecule has 164 valence electrons. The number of hydrogen-bond acceptors (Lipinski definition) is 2. The van der Waals surface area contributed by atoms with Gasteiger partial charge in [-0.3, -0.25) is 9.97 Å². The van der Waals surface area contributed by atoms with Crippen molar-refractivity contribution < 1.29 is 0 Å². The lowest BCUT2D eigenvalue weighted by Gasteiger charge is -2.23. The van der Waals surface area contributed by atoms with Gasteiger partial charge in [0.1, 0.15) is 0 Å². The molecule has 0 bridgehead atoms. The first-order valence-electron chi connectivity index (χ1n) is 12.0. The van der Waals surface area contributed by atoms with Crippen molar-refractivity contribution in [3.05, 3.63) is 58.9 Å². The molecule has 4 aromatic rings. The molecule has 0 radical (unpaired) electrons. The molecule has 0 atom stereocenters. The summed E-state index contributed by atoms with van der Waals surface area (Å²) in [7, 11) is 0. The summed E-state index contributed by atoms with van der Waals surface area (Å²) in [6.45, 7) is 19.0. The van der Waals surface area contributed by atoms with Crippen molar-refractivity contribution in [3.8, 4) is 0 Å². The largest absolute Gasteiger partial charge is 0.255 e. The van der Waals surface area contributed by atoms with E-state index in [0.29, 0.717) is 0 Å². The second kappa shape index (κ2) is 5.71. The lowest BCUT2D eigenvalue weighted by atomic mass is 9.81. The van der Waals surface area contributed by atoms with Crippen LogP contribution in [-0.2, 0) is 21.7 Å². The van der Waals surface area contributed by atoms with Gasteiger partial charge in [0.15, 0.2) is 0 Å². The Labute approximate surface area is 191 Å². The number of pyridine rings is 2. The van der Waals surface area contributed by atoms with Crippen LogP contribution in [0.2, 0.25) is 0 Å². The van der Waals surface area contributed by atoms with Crippen LogP contribution in [0.4, 0.5) is 0 Å². The zero-order chi connectivity index (χ0) is 22.8. The maximum atomic E-state index is 5.05. The Morgan fingerprint density at radius 2 is 0.844 bits per heavy atom. The van der Waals surface area contributed by atoms with Gasteiger partial charge in [-0.25, -0.2) is 0 Å². The summed E-state index contributed by atoms with van der Waals surface area (Å²) < 4.78 is 0. The van der Waals surface area contributed by atoms with Crippen molar-refractivity contribution in [1.82, 2.24) is 9.97 Å². The Hall–Kier alpha value is -2.48. The Morgan fingerprint density at radius 1 is 0.500 bits per heavy atom. The van der Waals surface area contributed by atoms with Gasteiger partial charge >= 0.3 is 0 Å². The van der Waals surface area contributed by atoms with Gasteiger partial charge in [0.05, 0.1) is 11.0 Å². The van der Waals surface area contributed by atoms with Crippen LogP contribution in [0.1, 0.15) is 90.5 Å². The highest BCUT2D eigenvalue weighted by Gasteiger charge is 2.44. The second-order valence-corrected chi connectivity index (χ2v) is 13.0.